The third kappa shape index (κ3) is 3.39. The summed E-state index contributed by atoms with van der Waals surface area (Å²) in [5.74, 6) is -0.425. The zero-order valence-electron chi connectivity index (χ0n) is 15.0. The largest absolute Gasteiger partial charge is 0.381 e. The van der Waals surface area contributed by atoms with Crippen molar-refractivity contribution >= 4 is 22.7 Å². The fourth-order valence-corrected chi connectivity index (χ4v) is 3.74. The van der Waals surface area contributed by atoms with Crippen LogP contribution in [0.25, 0.3) is 10.9 Å². The molecular formula is C19H25N3O3. The maximum atomic E-state index is 12.9. The number of nitrogens with two attached hydrogens (primary N) is 1. The molecule has 0 aliphatic carbocycles. The Morgan fingerprint density at radius 3 is 2.80 bits per heavy atom. The van der Waals surface area contributed by atoms with E-state index in [1.807, 2.05) is 25.1 Å². The van der Waals surface area contributed by atoms with E-state index in [2.05, 4.69) is 11.9 Å². The number of H-pyrrole nitrogens is 1. The normalized spacial score (nSPS) is 20.8. The summed E-state index contributed by atoms with van der Waals surface area (Å²) in [5, 5.41) is 1.07. The average molecular weight is 343 g/mol. The number of amides is 2. The lowest BCUT2D eigenvalue weighted by Crippen LogP contribution is -2.47. The number of methoxy groups -OCH3 is 1. The van der Waals surface area contributed by atoms with Crippen LogP contribution in [-0.2, 0) is 9.53 Å². The molecule has 2 heterocycles. The molecule has 6 heteroatoms. The van der Waals surface area contributed by atoms with Crippen LogP contribution in [0.5, 0.6) is 0 Å². The number of fused-ring (bicyclic) bond motifs is 1. The summed E-state index contributed by atoms with van der Waals surface area (Å²) in [5.41, 5.74) is 9.33. The van der Waals surface area contributed by atoms with Crippen LogP contribution in [0.4, 0.5) is 0 Å². The van der Waals surface area contributed by atoms with Crippen molar-refractivity contribution in [2.75, 3.05) is 20.2 Å². The van der Waals surface area contributed by atoms with E-state index in [0.29, 0.717) is 25.1 Å². The maximum Gasteiger partial charge on any atom is 0.253 e. The lowest BCUT2D eigenvalue weighted by molar-refractivity contribution is -0.121. The van der Waals surface area contributed by atoms with E-state index in [9.17, 15) is 9.59 Å². The van der Waals surface area contributed by atoms with Crippen LogP contribution in [0.3, 0.4) is 0 Å². The van der Waals surface area contributed by atoms with Gasteiger partial charge in [0.25, 0.3) is 5.91 Å². The van der Waals surface area contributed by atoms with Gasteiger partial charge in [-0.05, 0) is 44.0 Å². The molecule has 0 unspecified atom stereocenters. The first-order valence-electron chi connectivity index (χ1n) is 8.60. The molecule has 0 bridgehead atoms. The highest BCUT2D eigenvalue weighted by molar-refractivity contribution is 5.99. The van der Waals surface area contributed by atoms with E-state index in [1.54, 1.807) is 12.0 Å². The Morgan fingerprint density at radius 2 is 2.12 bits per heavy atom. The molecule has 2 amide bonds. The van der Waals surface area contributed by atoms with Crippen molar-refractivity contribution in [1.29, 1.82) is 0 Å². The number of piperidine rings is 1. The molecule has 1 saturated heterocycles. The van der Waals surface area contributed by atoms with Gasteiger partial charge in [-0.2, -0.15) is 0 Å². The maximum absolute atomic E-state index is 12.9. The number of carbonyl (C=O) groups excluding carboxylic acids is 2. The third-order valence-corrected chi connectivity index (χ3v) is 5.27. The van der Waals surface area contributed by atoms with E-state index in [1.165, 1.54) is 0 Å². The number of carbonyl (C=O) groups is 2. The first-order valence-corrected chi connectivity index (χ1v) is 8.60. The lowest BCUT2D eigenvalue weighted by Gasteiger charge is -2.37. The summed E-state index contributed by atoms with van der Waals surface area (Å²) in [6.45, 7) is 5.19. The van der Waals surface area contributed by atoms with Crippen molar-refractivity contribution in [3.05, 3.63) is 35.0 Å². The van der Waals surface area contributed by atoms with Crippen molar-refractivity contribution in [2.24, 2.45) is 11.7 Å². The van der Waals surface area contributed by atoms with Gasteiger partial charge in [-0.1, -0.05) is 0 Å². The van der Waals surface area contributed by atoms with Crippen molar-refractivity contribution in [3.8, 4) is 0 Å². The number of nitrogens with zero attached hydrogens (tertiary/aromatic N) is 1. The van der Waals surface area contributed by atoms with Crippen molar-refractivity contribution < 1.29 is 14.3 Å². The summed E-state index contributed by atoms with van der Waals surface area (Å²) < 4.78 is 5.46. The molecule has 25 heavy (non-hydrogen) atoms. The fraction of sp³-hybridized carbons (Fsp3) is 0.474. The smallest absolute Gasteiger partial charge is 0.253 e. The lowest BCUT2D eigenvalue weighted by atomic mass is 9.90. The van der Waals surface area contributed by atoms with Gasteiger partial charge in [-0.15, -0.1) is 0 Å². The number of likely N-dealkylation sites (tertiary alicyclic amines) is 1. The van der Waals surface area contributed by atoms with Gasteiger partial charge in [-0.3, -0.25) is 9.59 Å². The highest BCUT2D eigenvalue weighted by Gasteiger charge is 2.33. The Hall–Kier alpha value is -2.34. The number of ether oxygens (including phenoxy) is 1. The van der Waals surface area contributed by atoms with Crippen LogP contribution in [0.2, 0.25) is 0 Å². The zero-order chi connectivity index (χ0) is 18.1. The molecule has 1 aromatic heterocycles. The first kappa shape index (κ1) is 17.5. The Labute approximate surface area is 147 Å². The van der Waals surface area contributed by atoms with Gasteiger partial charge in [-0.25, -0.2) is 0 Å². The van der Waals surface area contributed by atoms with Crippen LogP contribution < -0.4 is 5.73 Å². The van der Waals surface area contributed by atoms with Gasteiger partial charge in [0.1, 0.15) is 0 Å². The summed E-state index contributed by atoms with van der Waals surface area (Å²) in [4.78, 5) is 29.4. The van der Waals surface area contributed by atoms with Crippen LogP contribution in [0.15, 0.2) is 18.2 Å². The molecule has 0 radical (unpaired) electrons. The van der Waals surface area contributed by atoms with Gasteiger partial charge in [0.2, 0.25) is 5.91 Å². The Morgan fingerprint density at radius 1 is 1.36 bits per heavy atom. The topological polar surface area (TPSA) is 88.4 Å². The molecule has 2 atom stereocenters. The third-order valence-electron chi connectivity index (χ3n) is 5.27. The molecule has 1 aliphatic rings. The minimum atomic E-state index is -0.360. The molecule has 3 N–H and O–H groups in total. The molecule has 134 valence electrons. The molecule has 1 fully saturated rings. The molecular weight excluding hydrogens is 318 g/mol. The minimum absolute atomic E-state index is 0.0100. The number of aromatic nitrogens is 1. The van der Waals surface area contributed by atoms with Crippen LogP contribution in [0, 0.1) is 19.8 Å². The van der Waals surface area contributed by atoms with Gasteiger partial charge >= 0.3 is 0 Å². The number of nitrogens with one attached hydrogen (secondary N) is 1. The number of aromatic amines is 1. The number of benzene rings is 1. The second-order valence-electron chi connectivity index (χ2n) is 6.88. The summed E-state index contributed by atoms with van der Waals surface area (Å²) in [6.07, 6.45) is 0.913. The van der Waals surface area contributed by atoms with Gasteiger partial charge in [0.15, 0.2) is 0 Å². The first-order chi connectivity index (χ1) is 11.9. The standard InChI is InChI=1S/C19H25N3O3/c1-11-12(2)21-16-5-4-13(8-15(11)16)19(24)22-7-6-17(25-3)14(10-22)9-18(20)23/h4-5,8,14,17,21H,6-7,9-10H2,1-3H3,(H2,20,23)/t14-,17-/m1/s1. The highest BCUT2D eigenvalue weighted by Crippen LogP contribution is 2.26. The summed E-state index contributed by atoms with van der Waals surface area (Å²) in [7, 11) is 1.64. The molecule has 6 nitrogen and oxygen atoms in total. The number of primary amides is 1. The predicted octanol–water partition coefficient (Wildman–Crippen LogP) is 2.14. The quantitative estimate of drug-likeness (QED) is 0.891. The molecule has 1 aromatic carbocycles. The van der Waals surface area contributed by atoms with Crippen molar-refractivity contribution in [2.45, 2.75) is 32.8 Å². The molecule has 2 aromatic rings. The number of aryl methyl sites for hydroxylation is 2. The Bertz CT molecular complexity index is 812. The number of rotatable bonds is 4. The van der Waals surface area contributed by atoms with E-state index in [-0.39, 0.29) is 30.3 Å². The van der Waals surface area contributed by atoms with Gasteiger partial charge < -0.3 is 20.4 Å². The Kier molecular flexibility index (Phi) is 4.81. The van der Waals surface area contributed by atoms with E-state index >= 15 is 0 Å². The van der Waals surface area contributed by atoms with Crippen molar-refractivity contribution in [3.63, 3.8) is 0 Å². The van der Waals surface area contributed by atoms with Crippen LogP contribution in [-0.4, -0.2) is 48.0 Å². The van der Waals surface area contributed by atoms with Crippen LogP contribution >= 0.6 is 0 Å². The SMILES string of the molecule is CO[C@@H]1CCN(C(=O)c2ccc3[nH]c(C)c(C)c3c2)C[C@H]1CC(N)=O. The van der Waals surface area contributed by atoms with E-state index < -0.39 is 0 Å². The molecule has 0 saturated carbocycles. The zero-order valence-corrected chi connectivity index (χ0v) is 15.0. The second kappa shape index (κ2) is 6.88. The summed E-state index contributed by atoms with van der Waals surface area (Å²) in [6, 6.07) is 5.75. The summed E-state index contributed by atoms with van der Waals surface area (Å²) >= 11 is 0. The monoisotopic (exact) mass is 343 g/mol. The van der Waals surface area contributed by atoms with E-state index in [4.69, 9.17) is 10.5 Å². The molecule has 3 rings (SSSR count). The Balaban J connectivity index is 1.82. The fourth-order valence-electron chi connectivity index (χ4n) is 3.74. The minimum Gasteiger partial charge on any atom is -0.381 e. The predicted molar refractivity (Wildman–Crippen MR) is 96.4 cm³/mol. The molecule has 0 spiro atoms. The van der Waals surface area contributed by atoms with Crippen molar-refractivity contribution in [1.82, 2.24) is 9.88 Å². The number of hydrogen-bond donors (Lipinski definition) is 2. The highest BCUT2D eigenvalue weighted by atomic mass is 16.5. The van der Waals surface area contributed by atoms with Gasteiger partial charge in [0.05, 0.1) is 6.10 Å². The molecule has 1 aliphatic heterocycles. The van der Waals surface area contributed by atoms with Crippen LogP contribution in [0.1, 0.15) is 34.5 Å². The average Bonchev–Trinajstić information content (AvgIpc) is 2.87. The second-order valence-corrected chi connectivity index (χ2v) is 6.88. The van der Waals surface area contributed by atoms with Gasteiger partial charge in [0, 0.05) is 54.7 Å². The van der Waals surface area contributed by atoms with E-state index in [0.717, 1.165) is 22.2 Å². The number of hydrogen-bond acceptors (Lipinski definition) is 3.